The van der Waals surface area contributed by atoms with Crippen molar-refractivity contribution in [1.29, 1.82) is 0 Å². The van der Waals surface area contributed by atoms with Gasteiger partial charge in [0.1, 0.15) is 0 Å². The lowest BCUT2D eigenvalue weighted by Crippen LogP contribution is -2.42. The van der Waals surface area contributed by atoms with Gasteiger partial charge in [-0.3, -0.25) is 0 Å². The highest BCUT2D eigenvalue weighted by Crippen LogP contribution is 2.35. The maximum absolute atomic E-state index is 14.7. The first-order valence-corrected chi connectivity index (χ1v) is 12.9. The van der Waals surface area contributed by atoms with Crippen molar-refractivity contribution in [3.8, 4) is 11.4 Å². The number of benzene rings is 1. The van der Waals surface area contributed by atoms with Crippen molar-refractivity contribution >= 4 is 38.5 Å². The molecule has 0 bridgehead atoms. The summed E-state index contributed by atoms with van der Waals surface area (Å²) in [5.74, 6) is -0.551. The summed E-state index contributed by atoms with van der Waals surface area (Å²) in [7, 11) is -3.98. The molecule has 1 fully saturated rings. The highest BCUT2D eigenvalue weighted by molar-refractivity contribution is 7.90. The molecule has 1 aliphatic carbocycles. The zero-order valence-electron chi connectivity index (χ0n) is 18.8. The lowest BCUT2D eigenvalue weighted by molar-refractivity contribution is 0.1000. The van der Waals surface area contributed by atoms with E-state index in [0.29, 0.717) is 28.8 Å². The monoisotopic (exact) mass is 515 g/mol. The Balaban J connectivity index is 1.63. The van der Waals surface area contributed by atoms with E-state index in [-0.39, 0.29) is 22.2 Å². The van der Waals surface area contributed by atoms with E-state index in [1.807, 2.05) is 6.92 Å². The number of anilines is 1. The third kappa shape index (κ3) is 4.49. The molecule has 5 rings (SSSR count). The van der Waals surface area contributed by atoms with Gasteiger partial charge in [-0.25, -0.2) is 31.7 Å². The lowest BCUT2D eigenvalue weighted by atomic mass is 9.81. The van der Waals surface area contributed by atoms with Crippen molar-refractivity contribution in [2.75, 3.05) is 5.32 Å². The van der Waals surface area contributed by atoms with E-state index in [9.17, 15) is 17.9 Å². The molecule has 3 heterocycles. The average Bonchev–Trinajstić information content (AvgIpc) is 3.20. The minimum absolute atomic E-state index is 0.0200. The Kier molecular flexibility index (Phi) is 5.98. The molecule has 0 radical (unpaired) electrons. The van der Waals surface area contributed by atoms with Crippen LogP contribution >= 0.6 is 11.6 Å². The Morgan fingerprint density at radius 1 is 1.23 bits per heavy atom. The first kappa shape index (κ1) is 23.7. The second-order valence-corrected chi connectivity index (χ2v) is 11.3. The SMILES string of the molecule is CC1(Nc2nc(-c3cn(S(=O)(=O)c4ccccc4)c4ncc(Cl)cc34)ncc2F)CCCC(O)C1. The van der Waals surface area contributed by atoms with Crippen LogP contribution in [0.25, 0.3) is 22.4 Å². The molecule has 11 heteroatoms. The number of aromatic nitrogens is 4. The number of nitrogens with one attached hydrogen (secondary N) is 1. The summed E-state index contributed by atoms with van der Waals surface area (Å²) in [6.07, 6.45) is 6.02. The molecule has 3 aromatic heterocycles. The Bertz CT molecular complexity index is 1510. The van der Waals surface area contributed by atoms with Crippen molar-refractivity contribution in [2.45, 2.75) is 49.1 Å². The maximum atomic E-state index is 14.7. The smallest absolute Gasteiger partial charge is 0.269 e. The van der Waals surface area contributed by atoms with Gasteiger partial charge in [-0.05, 0) is 50.8 Å². The van der Waals surface area contributed by atoms with Crippen LogP contribution in [0, 0.1) is 5.82 Å². The number of rotatable bonds is 5. The second-order valence-electron chi connectivity index (χ2n) is 9.01. The van der Waals surface area contributed by atoms with E-state index >= 15 is 0 Å². The molecule has 2 N–H and O–H groups in total. The topological polar surface area (TPSA) is 110 Å². The van der Waals surface area contributed by atoms with E-state index in [4.69, 9.17) is 11.6 Å². The van der Waals surface area contributed by atoms with Crippen LogP contribution in [0.2, 0.25) is 5.02 Å². The van der Waals surface area contributed by atoms with Gasteiger partial charge < -0.3 is 10.4 Å². The molecule has 35 heavy (non-hydrogen) atoms. The highest BCUT2D eigenvalue weighted by Gasteiger charge is 2.33. The van der Waals surface area contributed by atoms with Crippen molar-refractivity contribution in [1.82, 2.24) is 18.9 Å². The fourth-order valence-corrected chi connectivity index (χ4v) is 6.06. The molecule has 0 amide bonds. The average molecular weight is 516 g/mol. The largest absolute Gasteiger partial charge is 0.393 e. The molecule has 4 aromatic rings. The van der Waals surface area contributed by atoms with Crippen LogP contribution in [0.4, 0.5) is 10.2 Å². The van der Waals surface area contributed by atoms with E-state index in [2.05, 4.69) is 20.3 Å². The van der Waals surface area contributed by atoms with E-state index in [1.165, 1.54) is 24.5 Å². The third-order valence-corrected chi connectivity index (χ3v) is 8.11. The summed E-state index contributed by atoms with van der Waals surface area (Å²) in [6, 6.07) is 9.55. The molecule has 2 atom stereocenters. The van der Waals surface area contributed by atoms with Crippen LogP contribution in [-0.4, -0.2) is 44.1 Å². The van der Waals surface area contributed by atoms with Crippen molar-refractivity contribution in [3.05, 3.63) is 65.8 Å². The fourth-order valence-electron chi connectivity index (χ4n) is 4.56. The van der Waals surface area contributed by atoms with Crippen molar-refractivity contribution < 1.29 is 17.9 Å². The predicted octanol–water partition coefficient (Wildman–Crippen LogP) is 4.63. The number of nitrogens with zero attached hydrogens (tertiary/aromatic N) is 4. The molecular formula is C24H23ClFN5O3S. The summed E-state index contributed by atoms with van der Waals surface area (Å²) >= 11 is 6.18. The summed E-state index contributed by atoms with van der Waals surface area (Å²) in [5.41, 5.74) is -0.0518. The molecule has 0 spiro atoms. The first-order chi connectivity index (χ1) is 16.7. The standard InChI is InChI=1S/C24H23ClFN5O3S/c1-24(9-5-6-16(32)11-24)30-22-20(26)13-27-21(29-22)19-14-31(23-18(19)10-15(25)12-28-23)35(33,34)17-7-3-2-4-8-17/h2-4,7-8,10,12-14,16,32H,5-6,9,11H2,1H3,(H,27,29,30). The predicted molar refractivity (Wildman–Crippen MR) is 131 cm³/mol. The minimum Gasteiger partial charge on any atom is -0.393 e. The molecule has 1 saturated carbocycles. The molecule has 0 aliphatic heterocycles. The number of halogens is 2. The zero-order valence-corrected chi connectivity index (χ0v) is 20.4. The van der Waals surface area contributed by atoms with E-state index in [1.54, 1.807) is 24.3 Å². The summed E-state index contributed by atoms with van der Waals surface area (Å²) in [6.45, 7) is 1.92. The number of hydrogen-bond donors (Lipinski definition) is 2. The van der Waals surface area contributed by atoms with Gasteiger partial charge >= 0.3 is 0 Å². The van der Waals surface area contributed by atoms with Crippen LogP contribution < -0.4 is 5.32 Å². The molecule has 182 valence electrons. The fraction of sp³-hybridized carbons (Fsp3) is 0.292. The lowest BCUT2D eigenvalue weighted by Gasteiger charge is -2.37. The van der Waals surface area contributed by atoms with Gasteiger partial charge in [-0.15, -0.1) is 0 Å². The Labute approximate surface area is 206 Å². The molecule has 2 unspecified atom stereocenters. The normalized spacial score (nSPS) is 20.7. The minimum atomic E-state index is -3.98. The summed E-state index contributed by atoms with van der Waals surface area (Å²) in [5, 5.41) is 13.9. The van der Waals surface area contributed by atoms with Crippen molar-refractivity contribution in [2.24, 2.45) is 0 Å². The number of pyridine rings is 1. The van der Waals surface area contributed by atoms with E-state index in [0.717, 1.165) is 23.0 Å². The summed E-state index contributed by atoms with van der Waals surface area (Å²) in [4.78, 5) is 12.9. The molecule has 0 saturated heterocycles. The maximum Gasteiger partial charge on any atom is 0.269 e. The van der Waals surface area contributed by atoms with Gasteiger partial charge in [0, 0.05) is 28.9 Å². The van der Waals surface area contributed by atoms with Crippen molar-refractivity contribution in [3.63, 3.8) is 0 Å². The third-order valence-electron chi connectivity index (χ3n) is 6.24. The van der Waals surface area contributed by atoms with Gasteiger partial charge in [0.2, 0.25) is 0 Å². The van der Waals surface area contributed by atoms with Crippen LogP contribution in [0.5, 0.6) is 0 Å². The van der Waals surface area contributed by atoms with Crippen LogP contribution in [0.1, 0.15) is 32.6 Å². The number of hydrogen-bond acceptors (Lipinski definition) is 7. The number of aliphatic hydroxyl groups is 1. The van der Waals surface area contributed by atoms with Gasteiger partial charge in [-0.1, -0.05) is 29.8 Å². The van der Waals surface area contributed by atoms with Gasteiger partial charge in [0.15, 0.2) is 23.1 Å². The first-order valence-electron chi connectivity index (χ1n) is 11.1. The molecule has 1 aliphatic rings. The number of fused-ring (bicyclic) bond motifs is 1. The van der Waals surface area contributed by atoms with Crippen LogP contribution in [0.3, 0.4) is 0 Å². The zero-order chi connectivity index (χ0) is 24.8. The van der Waals surface area contributed by atoms with Gasteiger partial charge in [0.05, 0.1) is 22.2 Å². The number of aliphatic hydroxyl groups excluding tert-OH is 1. The Morgan fingerprint density at radius 2 is 2.00 bits per heavy atom. The molecular weight excluding hydrogens is 493 g/mol. The highest BCUT2D eigenvalue weighted by atomic mass is 35.5. The quantitative estimate of drug-likeness (QED) is 0.398. The second kappa shape index (κ2) is 8.85. The molecule has 1 aromatic carbocycles. The Morgan fingerprint density at radius 3 is 2.74 bits per heavy atom. The molecule has 8 nitrogen and oxygen atoms in total. The summed E-state index contributed by atoms with van der Waals surface area (Å²) < 4.78 is 42.5. The Hall–Kier alpha value is -3.08. The van der Waals surface area contributed by atoms with Gasteiger partial charge in [0.25, 0.3) is 10.0 Å². The van der Waals surface area contributed by atoms with Crippen LogP contribution in [-0.2, 0) is 10.0 Å². The van der Waals surface area contributed by atoms with Gasteiger partial charge in [-0.2, -0.15) is 0 Å². The van der Waals surface area contributed by atoms with E-state index < -0.39 is 27.5 Å². The van der Waals surface area contributed by atoms with Crippen LogP contribution in [0.15, 0.2) is 59.9 Å².